The van der Waals surface area contributed by atoms with Crippen LogP contribution in [0, 0.1) is 0 Å². The smallest absolute Gasteiger partial charge is 0.0683 e. The Balaban J connectivity index is 2.11. The van der Waals surface area contributed by atoms with Gasteiger partial charge in [0.15, 0.2) is 0 Å². The molecule has 0 bridgehead atoms. The quantitative estimate of drug-likeness (QED) is 0.610. The fraction of sp³-hybridized carbons (Fsp3) is 0.625. The second-order valence-electron chi connectivity index (χ2n) is 3.30. The van der Waals surface area contributed by atoms with E-state index in [0.717, 1.165) is 12.0 Å². The summed E-state index contributed by atoms with van der Waals surface area (Å²) in [7, 11) is 1.90. The lowest BCUT2D eigenvalue weighted by Crippen LogP contribution is -2.14. The number of hydrogen-bond donors (Lipinski definition) is 2. The first-order valence-electron chi connectivity index (χ1n) is 4.15. The van der Waals surface area contributed by atoms with E-state index >= 15 is 0 Å². The van der Waals surface area contributed by atoms with Crippen molar-refractivity contribution in [2.75, 3.05) is 6.54 Å². The van der Waals surface area contributed by atoms with Gasteiger partial charge in [-0.3, -0.25) is 4.68 Å². The molecule has 1 aliphatic rings. The molecular formula is C8H13N3O. The summed E-state index contributed by atoms with van der Waals surface area (Å²) in [5.74, 6) is 0. The van der Waals surface area contributed by atoms with E-state index in [1.165, 1.54) is 0 Å². The molecule has 1 fully saturated rings. The number of aliphatic hydroxyl groups excluding tert-OH is 1. The predicted octanol–water partition coefficient (Wildman–Crippen LogP) is -0.185. The lowest BCUT2D eigenvalue weighted by molar-refractivity contribution is 0.193. The van der Waals surface area contributed by atoms with Crippen LogP contribution in [0.15, 0.2) is 12.4 Å². The average molecular weight is 167 g/mol. The van der Waals surface area contributed by atoms with Crippen molar-refractivity contribution >= 4 is 0 Å². The number of aromatic nitrogens is 2. The van der Waals surface area contributed by atoms with Gasteiger partial charge in [0.1, 0.15) is 0 Å². The van der Waals surface area contributed by atoms with Gasteiger partial charge in [0, 0.05) is 31.4 Å². The van der Waals surface area contributed by atoms with Crippen LogP contribution in [0.1, 0.15) is 18.0 Å². The lowest BCUT2D eigenvalue weighted by Gasteiger charge is -2.05. The maximum Gasteiger partial charge on any atom is 0.0683 e. The van der Waals surface area contributed by atoms with Crippen LogP contribution in [0.2, 0.25) is 0 Å². The summed E-state index contributed by atoms with van der Waals surface area (Å²) < 4.78 is 1.78. The molecule has 2 atom stereocenters. The molecule has 1 aromatic heterocycles. The van der Waals surface area contributed by atoms with E-state index in [0.29, 0.717) is 6.54 Å². The Kier molecular flexibility index (Phi) is 1.86. The van der Waals surface area contributed by atoms with E-state index < -0.39 is 0 Å². The van der Waals surface area contributed by atoms with Gasteiger partial charge in [-0.25, -0.2) is 0 Å². The molecule has 1 saturated heterocycles. The lowest BCUT2D eigenvalue weighted by atomic mass is 10.1. The van der Waals surface area contributed by atoms with Crippen molar-refractivity contribution in [1.82, 2.24) is 15.1 Å². The van der Waals surface area contributed by atoms with Gasteiger partial charge in [0.05, 0.1) is 12.3 Å². The highest BCUT2D eigenvalue weighted by Crippen LogP contribution is 2.22. The van der Waals surface area contributed by atoms with Crippen LogP contribution in [0.25, 0.3) is 0 Å². The number of aliphatic hydroxyl groups is 1. The minimum absolute atomic E-state index is 0.199. The van der Waals surface area contributed by atoms with Gasteiger partial charge < -0.3 is 10.4 Å². The first kappa shape index (κ1) is 7.76. The largest absolute Gasteiger partial charge is 0.392 e. The maximum absolute atomic E-state index is 9.28. The highest BCUT2D eigenvalue weighted by atomic mass is 16.3. The topological polar surface area (TPSA) is 50.1 Å². The highest BCUT2D eigenvalue weighted by Gasteiger charge is 2.23. The van der Waals surface area contributed by atoms with Gasteiger partial charge >= 0.3 is 0 Å². The summed E-state index contributed by atoms with van der Waals surface area (Å²) in [6.45, 7) is 0.694. The molecule has 0 aliphatic carbocycles. The molecule has 0 amide bonds. The van der Waals surface area contributed by atoms with Gasteiger partial charge in [0.25, 0.3) is 0 Å². The number of hydrogen-bond acceptors (Lipinski definition) is 3. The van der Waals surface area contributed by atoms with Gasteiger partial charge in [0.2, 0.25) is 0 Å². The van der Waals surface area contributed by atoms with Gasteiger partial charge in [-0.15, -0.1) is 0 Å². The summed E-state index contributed by atoms with van der Waals surface area (Å²) in [4.78, 5) is 0. The van der Waals surface area contributed by atoms with Crippen LogP contribution in [0.3, 0.4) is 0 Å². The number of rotatable bonds is 1. The molecule has 1 aliphatic heterocycles. The van der Waals surface area contributed by atoms with E-state index in [4.69, 9.17) is 0 Å². The molecule has 4 nitrogen and oxygen atoms in total. The Morgan fingerprint density at radius 3 is 3.08 bits per heavy atom. The first-order chi connectivity index (χ1) is 5.75. The zero-order valence-electron chi connectivity index (χ0n) is 7.07. The number of nitrogens with one attached hydrogen (secondary N) is 1. The summed E-state index contributed by atoms with van der Waals surface area (Å²) in [5.41, 5.74) is 1.16. The maximum atomic E-state index is 9.28. The summed E-state index contributed by atoms with van der Waals surface area (Å²) >= 11 is 0. The molecule has 0 aromatic carbocycles. The van der Waals surface area contributed by atoms with Gasteiger partial charge in [-0.2, -0.15) is 5.10 Å². The minimum atomic E-state index is -0.199. The van der Waals surface area contributed by atoms with Crippen LogP contribution in [0.4, 0.5) is 0 Å². The van der Waals surface area contributed by atoms with Crippen LogP contribution in [-0.2, 0) is 7.05 Å². The van der Waals surface area contributed by atoms with E-state index in [1.54, 1.807) is 4.68 Å². The Hall–Kier alpha value is -0.870. The molecule has 2 unspecified atom stereocenters. The second kappa shape index (κ2) is 2.88. The van der Waals surface area contributed by atoms with Crippen molar-refractivity contribution in [2.24, 2.45) is 7.05 Å². The molecule has 12 heavy (non-hydrogen) atoms. The Morgan fingerprint density at radius 2 is 2.58 bits per heavy atom. The third-order valence-corrected chi connectivity index (χ3v) is 2.23. The zero-order chi connectivity index (χ0) is 8.55. The fourth-order valence-electron chi connectivity index (χ4n) is 1.59. The molecular weight excluding hydrogens is 154 g/mol. The predicted molar refractivity (Wildman–Crippen MR) is 44.6 cm³/mol. The summed E-state index contributed by atoms with van der Waals surface area (Å²) in [6.07, 6.45) is 4.42. The Bertz CT molecular complexity index is 271. The van der Waals surface area contributed by atoms with Crippen molar-refractivity contribution in [3.63, 3.8) is 0 Å². The van der Waals surface area contributed by atoms with Crippen molar-refractivity contribution in [3.05, 3.63) is 18.0 Å². The molecule has 0 spiro atoms. The van der Waals surface area contributed by atoms with Crippen LogP contribution in [-0.4, -0.2) is 27.5 Å². The minimum Gasteiger partial charge on any atom is -0.392 e. The zero-order valence-corrected chi connectivity index (χ0v) is 7.07. The summed E-state index contributed by atoms with van der Waals surface area (Å²) in [5, 5.41) is 16.6. The molecule has 1 aromatic rings. The van der Waals surface area contributed by atoms with Crippen molar-refractivity contribution < 1.29 is 5.11 Å². The van der Waals surface area contributed by atoms with E-state index in [2.05, 4.69) is 10.4 Å². The highest BCUT2D eigenvalue weighted by molar-refractivity contribution is 5.12. The van der Waals surface area contributed by atoms with Crippen molar-refractivity contribution in [2.45, 2.75) is 18.6 Å². The fourth-order valence-corrected chi connectivity index (χ4v) is 1.59. The van der Waals surface area contributed by atoms with Crippen LogP contribution >= 0.6 is 0 Å². The Labute approximate surface area is 71.2 Å². The molecule has 2 rings (SSSR count). The summed E-state index contributed by atoms with van der Waals surface area (Å²) in [6, 6.07) is 0.286. The van der Waals surface area contributed by atoms with E-state index in [9.17, 15) is 5.11 Å². The third kappa shape index (κ3) is 1.35. The third-order valence-electron chi connectivity index (χ3n) is 2.23. The number of β-amino-alcohol motifs (C(OH)–C–C–N with tert-alkyl or cyclic N) is 1. The SMILES string of the molecule is Cn1cc(C2CC(O)CN2)cn1. The molecule has 2 heterocycles. The van der Waals surface area contributed by atoms with Crippen LogP contribution < -0.4 is 5.32 Å². The molecule has 0 radical (unpaired) electrons. The van der Waals surface area contributed by atoms with E-state index in [-0.39, 0.29) is 12.1 Å². The second-order valence-corrected chi connectivity index (χ2v) is 3.30. The number of aryl methyl sites for hydroxylation is 1. The molecule has 66 valence electrons. The monoisotopic (exact) mass is 167 g/mol. The first-order valence-corrected chi connectivity index (χ1v) is 4.15. The van der Waals surface area contributed by atoms with Crippen LogP contribution in [0.5, 0.6) is 0 Å². The van der Waals surface area contributed by atoms with Crippen molar-refractivity contribution in [3.8, 4) is 0 Å². The molecule has 2 N–H and O–H groups in total. The number of nitrogens with zero attached hydrogens (tertiary/aromatic N) is 2. The van der Waals surface area contributed by atoms with E-state index in [1.807, 2.05) is 19.4 Å². The molecule has 4 heteroatoms. The van der Waals surface area contributed by atoms with Crippen molar-refractivity contribution in [1.29, 1.82) is 0 Å². The molecule has 0 saturated carbocycles. The average Bonchev–Trinajstić information content (AvgIpc) is 2.58. The Morgan fingerprint density at radius 1 is 1.75 bits per heavy atom. The van der Waals surface area contributed by atoms with Gasteiger partial charge in [-0.05, 0) is 6.42 Å². The van der Waals surface area contributed by atoms with Gasteiger partial charge in [-0.1, -0.05) is 0 Å². The normalized spacial score (nSPS) is 29.5. The standard InChI is InChI=1S/C8H13N3O/c1-11-5-6(3-10-11)8-2-7(12)4-9-8/h3,5,7-9,12H,2,4H2,1H3.